The van der Waals surface area contributed by atoms with Crippen molar-refractivity contribution in [3.8, 4) is 0 Å². The van der Waals surface area contributed by atoms with Crippen LogP contribution in [-0.2, 0) is 5.41 Å². The average molecular weight is 547 g/mol. The number of anilines is 3. The lowest BCUT2D eigenvalue weighted by molar-refractivity contribution is 0.0996. The monoisotopic (exact) mass is 546 g/mol. The number of hydrogen-bond acceptors (Lipinski definition) is 7. The van der Waals surface area contributed by atoms with Crippen LogP contribution in [0.15, 0.2) is 30.5 Å². The molecule has 1 aromatic heterocycles. The quantitative estimate of drug-likeness (QED) is 0.485. The molecule has 2 aromatic rings. The topological polar surface area (TPSA) is 120 Å². The van der Waals surface area contributed by atoms with Gasteiger partial charge in [0.2, 0.25) is 0 Å². The highest BCUT2D eigenvalue weighted by molar-refractivity contribution is 5.96. The first-order valence-corrected chi connectivity index (χ1v) is 15.0. The van der Waals surface area contributed by atoms with Gasteiger partial charge in [-0.3, -0.25) is 4.79 Å². The number of benzene rings is 1. The van der Waals surface area contributed by atoms with E-state index in [-0.39, 0.29) is 23.2 Å². The van der Waals surface area contributed by atoms with Crippen LogP contribution in [0, 0.1) is 0 Å². The number of nitrogens with two attached hydrogens (primary N) is 1. The molecule has 4 heterocycles. The predicted molar refractivity (Wildman–Crippen MR) is 156 cm³/mol. The van der Waals surface area contributed by atoms with Crippen LogP contribution in [0.5, 0.6) is 0 Å². The third-order valence-electron chi connectivity index (χ3n) is 9.54. The Bertz CT molecular complexity index is 1220. The van der Waals surface area contributed by atoms with Crippen LogP contribution < -0.4 is 21.3 Å². The average Bonchev–Trinajstić information content (AvgIpc) is 3.63. The standard InChI is InChI=1S/C30H42N8O2/c1-30(12-14-32-15-13-30)21-8-10-22(11-9-21)34-28-26(27(31)39)33-19-25(35-28)36-16-4-7-24(20-36)38-18-17-37(29(38)40)23-5-2-3-6-23/h8-11,19,23-24,32H,2-7,12-18,20H2,1H3,(H2,31,39)(H,34,35). The molecule has 1 aliphatic carbocycles. The fraction of sp³-hybridized carbons (Fsp3) is 0.600. The van der Waals surface area contributed by atoms with E-state index in [2.05, 4.69) is 49.4 Å². The van der Waals surface area contributed by atoms with Crippen LogP contribution in [0.1, 0.15) is 74.3 Å². The van der Waals surface area contributed by atoms with Crippen LogP contribution in [0.25, 0.3) is 0 Å². The van der Waals surface area contributed by atoms with E-state index in [9.17, 15) is 9.59 Å². The van der Waals surface area contributed by atoms with Crippen molar-refractivity contribution in [2.45, 2.75) is 75.8 Å². The maximum atomic E-state index is 13.3. The molecule has 40 heavy (non-hydrogen) atoms. The largest absolute Gasteiger partial charge is 0.364 e. The van der Waals surface area contributed by atoms with Crippen molar-refractivity contribution < 1.29 is 9.59 Å². The molecule has 6 rings (SSSR count). The molecule has 1 aromatic carbocycles. The number of hydrogen-bond donors (Lipinski definition) is 3. The van der Waals surface area contributed by atoms with Gasteiger partial charge in [-0.2, -0.15) is 0 Å². The van der Waals surface area contributed by atoms with Crippen LogP contribution >= 0.6 is 0 Å². The number of amides is 3. The summed E-state index contributed by atoms with van der Waals surface area (Å²) >= 11 is 0. The Morgan fingerprint density at radius 2 is 1.68 bits per heavy atom. The van der Waals surface area contributed by atoms with E-state index in [0.29, 0.717) is 24.2 Å². The van der Waals surface area contributed by atoms with Crippen LogP contribution in [0.3, 0.4) is 0 Å². The number of carbonyl (C=O) groups excluding carboxylic acids is 2. The number of piperidine rings is 2. The molecule has 4 N–H and O–H groups in total. The molecule has 10 heteroatoms. The molecule has 0 bridgehead atoms. The Balaban J connectivity index is 1.17. The van der Waals surface area contributed by atoms with Gasteiger partial charge in [0.15, 0.2) is 11.5 Å². The number of carbonyl (C=O) groups is 2. The van der Waals surface area contributed by atoms with Crippen molar-refractivity contribution in [2.75, 3.05) is 49.5 Å². The van der Waals surface area contributed by atoms with Gasteiger partial charge < -0.3 is 31.1 Å². The van der Waals surface area contributed by atoms with Gasteiger partial charge in [0.25, 0.3) is 5.91 Å². The fourth-order valence-corrected chi connectivity index (χ4v) is 7.04. The molecule has 4 fully saturated rings. The van der Waals surface area contributed by atoms with Crippen molar-refractivity contribution in [3.63, 3.8) is 0 Å². The lowest BCUT2D eigenvalue weighted by Crippen LogP contribution is -2.50. The first kappa shape index (κ1) is 26.8. The number of rotatable bonds is 7. The number of urea groups is 1. The Hall–Kier alpha value is -3.40. The number of nitrogens with one attached hydrogen (secondary N) is 2. The predicted octanol–water partition coefficient (Wildman–Crippen LogP) is 3.61. The summed E-state index contributed by atoms with van der Waals surface area (Å²) in [4.78, 5) is 41.1. The van der Waals surface area contributed by atoms with Gasteiger partial charge in [0, 0.05) is 37.9 Å². The maximum Gasteiger partial charge on any atom is 0.320 e. The molecule has 0 spiro atoms. The zero-order valence-electron chi connectivity index (χ0n) is 23.6. The molecule has 1 unspecified atom stereocenters. The van der Waals surface area contributed by atoms with E-state index in [1.807, 2.05) is 12.1 Å². The summed E-state index contributed by atoms with van der Waals surface area (Å²) in [5, 5.41) is 6.74. The maximum absolute atomic E-state index is 13.3. The molecule has 1 atom stereocenters. The van der Waals surface area contributed by atoms with Crippen LogP contribution in [0.4, 0.5) is 22.1 Å². The summed E-state index contributed by atoms with van der Waals surface area (Å²) in [6.07, 6.45) is 10.5. The summed E-state index contributed by atoms with van der Waals surface area (Å²) in [6.45, 7) is 7.54. The van der Waals surface area contributed by atoms with E-state index in [1.165, 1.54) is 18.4 Å². The van der Waals surface area contributed by atoms with Crippen molar-refractivity contribution in [1.82, 2.24) is 25.1 Å². The Morgan fingerprint density at radius 3 is 2.38 bits per heavy atom. The van der Waals surface area contributed by atoms with Gasteiger partial charge in [-0.05, 0) is 74.7 Å². The van der Waals surface area contributed by atoms with Crippen molar-refractivity contribution in [1.29, 1.82) is 0 Å². The van der Waals surface area contributed by atoms with Gasteiger partial charge in [-0.25, -0.2) is 14.8 Å². The molecule has 4 aliphatic rings. The lowest BCUT2D eigenvalue weighted by atomic mass is 9.75. The second kappa shape index (κ2) is 11.2. The Kier molecular flexibility index (Phi) is 7.53. The van der Waals surface area contributed by atoms with Gasteiger partial charge in [-0.15, -0.1) is 0 Å². The van der Waals surface area contributed by atoms with Gasteiger partial charge in [-0.1, -0.05) is 31.9 Å². The summed E-state index contributed by atoms with van der Waals surface area (Å²) in [5.41, 5.74) is 8.11. The Morgan fingerprint density at radius 1 is 1.00 bits per heavy atom. The van der Waals surface area contributed by atoms with Crippen molar-refractivity contribution in [3.05, 3.63) is 41.7 Å². The van der Waals surface area contributed by atoms with E-state index in [1.54, 1.807) is 6.20 Å². The zero-order chi connectivity index (χ0) is 27.7. The highest BCUT2D eigenvalue weighted by Gasteiger charge is 2.39. The van der Waals surface area contributed by atoms with Gasteiger partial charge in [0.1, 0.15) is 5.82 Å². The van der Waals surface area contributed by atoms with Crippen molar-refractivity contribution >= 4 is 29.3 Å². The normalized spacial score (nSPS) is 23.6. The number of primary amides is 1. The summed E-state index contributed by atoms with van der Waals surface area (Å²) in [7, 11) is 0. The summed E-state index contributed by atoms with van der Waals surface area (Å²) in [6, 6.07) is 9.14. The van der Waals surface area contributed by atoms with E-state index in [0.717, 1.165) is 76.9 Å². The first-order chi connectivity index (χ1) is 19.4. The Labute approximate surface area is 236 Å². The van der Waals surface area contributed by atoms with E-state index in [4.69, 9.17) is 10.7 Å². The van der Waals surface area contributed by atoms with Gasteiger partial charge >= 0.3 is 6.03 Å². The molecule has 214 valence electrons. The van der Waals surface area contributed by atoms with E-state index >= 15 is 0 Å². The number of nitrogens with zero attached hydrogens (tertiary/aromatic N) is 5. The minimum absolute atomic E-state index is 0.119. The summed E-state index contributed by atoms with van der Waals surface area (Å²) < 4.78 is 0. The second-order valence-electron chi connectivity index (χ2n) is 12.2. The molecule has 3 saturated heterocycles. The third kappa shape index (κ3) is 5.33. The minimum Gasteiger partial charge on any atom is -0.364 e. The molecule has 0 radical (unpaired) electrons. The first-order valence-electron chi connectivity index (χ1n) is 15.0. The second-order valence-corrected chi connectivity index (χ2v) is 12.2. The lowest BCUT2D eigenvalue weighted by Gasteiger charge is -2.38. The van der Waals surface area contributed by atoms with E-state index < -0.39 is 5.91 Å². The molecular formula is C30H42N8O2. The van der Waals surface area contributed by atoms with Crippen molar-refractivity contribution in [2.24, 2.45) is 5.73 Å². The number of aromatic nitrogens is 2. The molecule has 1 saturated carbocycles. The minimum atomic E-state index is -0.619. The zero-order valence-corrected chi connectivity index (χ0v) is 23.6. The highest BCUT2D eigenvalue weighted by atomic mass is 16.2. The third-order valence-corrected chi connectivity index (χ3v) is 9.54. The van der Waals surface area contributed by atoms with Gasteiger partial charge in [0.05, 0.1) is 12.2 Å². The fourth-order valence-electron chi connectivity index (χ4n) is 7.04. The summed E-state index contributed by atoms with van der Waals surface area (Å²) in [5.74, 6) is 0.430. The molecule has 3 amide bonds. The SMILES string of the molecule is CC1(c2ccc(Nc3nc(N4CCCC(N5CCN(C6CCCC6)C5=O)C4)cnc3C(N)=O)cc2)CCNCC1. The van der Waals surface area contributed by atoms with Crippen LogP contribution in [0.2, 0.25) is 0 Å². The highest BCUT2D eigenvalue weighted by Crippen LogP contribution is 2.34. The van der Waals surface area contributed by atoms with Crippen LogP contribution in [-0.4, -0.2) is 83.1 Å². The molecule has 10 nitrogen and oxygen atoms in total. The smallest absolute Gasteiger partial charge is 0.320 e. The molecule has 3 aliphatic heterocycles. The molecular weight excluding hydrogens is 504 g/mol.